The van der Waals surface area contributed by atoms with Crippen LogP contribution in [0, 0.1) is 4.77 Å². The first-order valence-corrected chi connectivity index (χ1v) is 7.55. The van der Waals surface area contributed by atoms with Crippen molar-refractivity contribution in [2.24, 2.45) is 0 Å². The van der Waals surface area contributed by atoms with Crippen LogP contribution in [0.5, 0.6) is 11.5 Å². The van der Waals surface area contributed by atoms with E-state index in [4.69, 9.17) is 21.7 Å². The predicted molar refractivity (Wildman–Crippen MR) is 82.6 cm³/mol. The van der Waals surface area contributed by atoms with Crippen LogP contribution < -0.4 is 15.0 Å². The highest BCUT2D eigenvalue weighted by molar-refractivity contribution is 7.71. The molecule has 114 valence electrons. The molecule has 0 saturated carbocycles. The Morgan fingerprint density at radius 1 is 1.23 bits per heavy atom. The molecule has 1 aromatic carbocycles. The van der Waals surface area contributed by atoms with Gasteiger partial charge < -0.3 is 14.5 Å². The minimum atomic E-state index is -0.0681. The number of fused-ring (bicyclic) bond motifs is 2. The lowest BCUT2D eigenvalue weighted by Gasteiger charge is -2.27. The van der Waals surface area contributed by atoms with Crippen LogP contribution in [0.2, 0.25) is 0 Å². The number of ether oxygens (including phenoxy) is 2. The molecule has 0 atom stereocenters. The van der Waals surface area contributed by atoms with Crippen LogP contribution in [-0.4, -0.2) is 28.2 Å². The van der Waals surface area contributed by atoms with E-state index in [1.54, 1.807) is 0 Å². The molecule has 2 aliphatic heterocycles. The molecule has 0 radical (unpaired) electrons. The van der Waals surface area contributed by atoms with Crippen LogP contribution in [0.25, 0.3) is 0 Å². The van der Waals surface area contributed by atoms with Crippen molar-refractivity contribution in [3.8, 4) is 11.5 Å². The van der Waals surface area contributed by atoms with Crippen LogP contribution in [0.4, 0.5) is 0 Å². The fraction of sp³-hybridized carbons (Fsp3) is 0.333. The maximum Gasteiger partial charge on any atom is 0.255 e. The van der Waals surface area contributed by atoms with E-state index in [2.05, 4.69) is 14.9 Å². The summed E-state index contributed by atoms with van der Waals surface area (Å²) in [5.41, 5.74) is 2.83. The summed E-state index contributed by atoms with van der Waals surface area (Å²) in [5.74, 6) is 1.59. The number of hydrogen-bond donors (Lipinski definition) is 2. The number of nitrogens with one attached hydrogen (secondary N) is 2. The lowest BCUT2D eigenvalue weighted by molar-refractivity contribution is 0.174. The summed E-state index contributed by atoms with van der Waals surface area (Å²) in [5, 5.41) is 0. The molecule has 2 N–H and O–H groups in total. The van der Waals surface area contributed by atoms with Crippen LogP contribution >= 0.6 is 12.2 Å². The minimum Gasteiger partial charge on any atom is -0.454 e. The third-order valence-electron chi connectivity index (χ3n) is 4.03. The number of rotatable bonds is 2. The number of hydrogen-bond acceptors (Lipinski definition) is 5. The van der Waals surface area contributed by atoms with E-state index >= 15 is 0 Å². The zero-order valence-corrected chi connectivity index (χ0v) is 12.7. The Bertz CT molecular complexity index is 843. The average molecular weight is 317 g/mol. The molecule has 1 aromatic heterocycles. The van der Waals surface area contributed by atoms with Crippen molar-refractivity contribution in [3.05, 3.63) is 50.1 Å². The predicted octanol–water partition coefficient (Wildman–Crippen LogP) is 1.72. The largest absolute Gasteiger partial charge is 0.454 e. The van der Waals surface area contributed by atoms with Gasteiger partial charge in [-0.1, -0.05) is 6.07 Å². The third-order valence-corrected chi connectivity index (χ3v) is 4.24. The van der Waals surface area contributed by atoms with Crippen molar-refractivity contribution in [1.29, 1.82) is 0 Å². The van der Waals surface area contributed by atoms with E-state index in [0.717, 1.165) is 47.8 Å². The number of aromatic amines is 2. The van der Waals surface area contributed by atoms with E-state index in [1.165, 1.54) is 0 Å². The second-order valence-corrected chi connectivity index (χ2v) is 5.92. The zero-order valence-electron chi connectivity index (χ0n) is 11.8. The van der Waals surface area contributed by atoms with Gasteiger partial charge in [-0.05, 0) is 36.3 Å². The van der Waals surface area contributed by atoms with E-state index in [1.807, 2.05) is 18.2 Å². The highest BCUT2D eigenvalue weighted by Gasteiger charge is 2.20. The molecule has 2 aliphatic rings. The fourth-order valence-corrected chi connectivity index (χ4v) is 3.18. The lowest BCUT2D eigenvalue weighted by Crippen LogP contribution is -2.34. The molecule has 0 fully saturated rings. The van der Waals surface area contributed by atoms with Crippen molar-refractivity contribution in [3.63, 3.8) is 0 Å². The molecule has 22 heavy (non-hydrogen) atoms. The van der Waals surface area contributed by atoms with Gasteiger partial charge in [0.1, 0.15) is 0 Å². The minimum absolute atomic E-state index is 0.0681. The molecule has 0 saturated heterocycles. The van der Waals surface area contributed by atoms with E-state index < -0.39 is 0 Å². The molecule has 0 unspecified atom stereocenters. The summed E-state index contributed by atoms with van der Waals surface area (Å²) in [4.78, 5) is 19.9. The molecule has 4 rings (SSSR count). The SMILES string of the molecule is O=c1[nH]c(=S)[nH]c2c1CCN(Cc1ccc3c(c1)OCO3)C2. The van der Waals surface area contributed by atoms with Crippen molar-refractivity contribution in [1.82, 2.24) is 14.9 Å². The maximum absolute atomic E-state index is 11.9. The summed E-state index contributed by atoms with van der Waals surface area (Å²) in [6.45, 7) is 2.62. The third kappa shape index (κ3) is 2.42. The van der Waals surface area contributed by atoms with Crippen molar-refractivity contribution < 1.29 is 9.47 Å². The Morgan fingerprint density at radius 3 is 3.00 bits per heavy atom. The van der Waals surface area contributed by atoms with Crippen molar-refractivity contribution >= 4 is 12.2 Å². The van der Waals surface area contributed by atoms with Crippen LogP contribution in [0.15, 0.2) is 23.0 Å². The lowest BCUT2D eigenvalue weighted by atomic mass is 10.1. The summed E-state index contributed by atoms with van der Waals surface area (Å²) < 4.78 is 11.1. The molecule has 6 nitrogen and oxygen atoms in total. The van der Waals surface area contributed by atoms with Gasteiger partial charge >= 0.3 is 0 Å². The molecule has 3 heterocycles. The quantitative estimate of drug-likeness (QED) is 0.825. The van der Waals surface area contributed by atoms with Gasteiger partial charge in [-0.15, -0.1) is 0 Å². The van der Waals surface area contributed by atoms with Gasteiger partial charge in [0.2, 0.25) is 6.79 Å². The number of aromatic nitrogens is 2. The van der Waals surface area contributed by atoms with Crippen LogP contribution in [0.1, 0.15) is 16.8 Å². The molecule has 0 spiro atoms. The second-order valence-electron chi connectivity index (χ2n) is 5.51. The fourth-order valence-electron chi connectivity index (χ4n) is 2.96. The zero-order chi connectivity index (χ0) is 15.1. The normalized spacial score (nSPS) is 16.5. The molecule has 2 aromatic rings. The highest BCUT2D eigenvalue weighted by Crippen LogP contribution is 2.33. The number of nitrogens with zero attached hydrogens (tertiary/aromatic N) is 1. The molecule has 7 heteroatoms. The van der Waals surface area contributed by atoms with Crippen LogP contribution in [0.3, 0.4) is 0 Å². The van der Waals surface area contributed by atoms with E-state index in [9.17, 15) is 4.79 Å². The summed E-state index contributed by atoms with van der Waals surface area (Å²) in [6.07, 6.45) is 0.724. The first-order chi connectivity index (χ1) is 10.7. The van der Waals surface area contributed by atoms with E-state index in [-0.39, 0.29) is 12.4 Å². The topological polar surface area (TPSA) is 70.4 Å². The van der Waals surface area contributed by atoms with Crippen molar-refractivity contribution in [2.75, 3.05) is 13.3 Å². The maximum atomic E-state index is 11.9. The average Bonchev–Trinajstić information content (AvgIpc) is 2.94. The van der Waals surface area contributed by atoms with Gasteiger partial charge in [0.15, 0.2) is 16.3 Å². The van der Waals surface area contributed by atoms with Gasteiger partial charge in [-0.25, -0.2) is 0 Å². The molecule has 0 aliphatic carbocycles. The molecule has 0 amide bonds. The van der Waals surface area contributed by atoms with Crippen LogP contribution in [-0.2, 0) is 19.5 Å². The first kappa shape index (κ1) is 13.5. The molecular weight excluding hydrogens is 302 g/mol. The Labute approximate surface area is 131 Å². The first-order valence-electron chi connectivity index (χ1n) is 7.14. The van der Waals surface area contributed by atoms with Gasteiger partial charge in [0, 0.05) is 30.9 Å². The van der Waals surface area contributed by atoms with Gasteiger partial charge in [0.25, 0.3) is 5.56 Å². The Morgan fingerprint density at radius 2 is 2.09 bits per heavy atom. The molecular formula is C15H15N3O3S. The monoisotopic (exact) mass is 317 g/mol. The Hall–Kier alpha value is -2.12. The summed E-state index contributed by atoms with van der Waals surface area (Å²) in [7, 11) is 0. The standard InChI is InChI=1S/C15H15N3O3S/c19-14-10-3-4-18(7-11(10)16-15(22)17-14)6-9-1-2-12-13(5-9)21-8-20-12/h1-2,5H,3-4,6-8H2,(H2,16,17,19,22). The van der Waals surface area contributed by atoms with Gasteiger partial charge in [-0.3, -0.25) is 14.7 Å². The Kier molecular flexibility index (Phi) is 3.24. The number of H-pyrrole nitrogens is 2. The number of benzene rings is 1. The Balaban J connectivity index is 1.55. The highest BCUT2D eigenvalue weighted by atomic mass is 32.1. The second kappa shape index (κ2) is 5.26. The van der Waals surface area contributed by atoms with Crippen molar-refractivity contribution in [2.45, 2.75) is 19.5 Å². The molecule has 0 bridgehead atoms. The summed E-state index contributed by atoms with van der Waals surface area (Å²) >= 11 is 5.05. The summed E-state index contributed by atoms with van der Waals surface area (Å²) in [6, 6.07) is 5.99. The smallest absolute Gasteiger partial charge is 0.255 e. The van der Waals surface area contributed by atoms with E-state index in [0.29, 0.717) is 11.3 Å². The van der Waals surface area contributed by atoms with Gasteiger partial charge in [-0.2, -0.15) is 0 Å². The van der Waals surface area contributed by atoms with Gasteiger partial charge in [0.05, 0.1) is 0 Å².